The first kappa shape index (κ1) is 8.69. The molecule has 0 aliphatic heterocycles. The van der Waals surface area contributed by atoms with Crippen LogP contribution in [-0.2, 0) is 6.42 Å². The second kappa shape index (κ2) is 3.10. The number of fused-ring (bicyclic) bond motifs is 1. The molecule has 14 heavy (non-hydrogen) atoms. The maximum atomic E-state index is 11.3. The fourth-order valence-corrected chi connectivity index (χ4v) is 1.52. The number of carboxylic acids is 1. The van der Waals surface area contributed by atoms with Crippen LogP contribution < -0.4 is 0 Å². The lowest BCUT2D eigenvalue weighted by atomic mass is 9.94. The predicted octanol–water partition coefficient (Wildman–Crippen LogP) is 1.68. The molecule has 1 N–H and O–H groups in total. The highest BCUT2D eigenvalue weighted by atomic mass is 16.4. The summed E-state index contributed by atoms with van der Waals surface area (Å²) in [5, 5.41) is 8.75. The van der Waals surface area contributed by atoms with E-state index in [2.05, 4.69) is 0 Å². The van der Waals surface area contributed by atoms with Gasteiger partial charge in [0, 0.05) is 5.56 Å². The minimum Gasteiger partial charge on any atom is -0.478 e. The lowest BCUT2D eigenvalue weighted by Crippen LogP contribution is -2.07. The van der Waals surface area contributed by atoms with Crippen molar-refractivity contribution < 1.29 is 14.7 Å². The molecule has 70 valence electrons. The number of rotatable bonds is 1. The molecular weight excluding hydrogens is 180 g/mol. The number of hydrogen-bond donors (Lipinski definition) is 1. The number of carbonyl (C=O) groups is 2. The van der Waals surface area contributed by atoms with Crippen molar-refractivity contribution in [3.05, 3.63) is 47.0 Å². The molecule has 0 heterocycles. The van der Waals surface area contributed by atoms with E-state index >= 15 is 0 Å². The highest BCUT2D eigenvalue weighted by Gasteiger charge is 2.14. The standard InChI is InChI=1S/C11H8O3/c12-10-3-1-2-7-6-8(11(13)14)4-5-9(7)10/h1,3-6H,2H2,(H,13,14). The van der Waals surface area contributed by atoms with Crippen LogP contribution in [0.15, 0.2) is 30.4 Å². The van der Waals surface area contributed by atoms with E-state index in [4.69, 9.17) is 5.11 Å². The molecule has 1 aliphatic carbocycles. The van der Waals surface area contributed by atoms with E-state index in [0.717, 1.165) is 5.56 Å². The van der Waals surface area contributed by atoms with Crippen LogP contribution in [0.1, 0.15) is 26.3 Å². The lowest BCUT2D eigenvalue weighted by Gasteiger charge is -2.09. The van der Waals surface area contributed by atoms with Crippen molar-refractivity contribution in [3.63, 3.8) is 0 Å². The van der Waals surface area contributed by atoms with Crippen LogP contribution in [0.5, 0.6) is 0 Å². The zero-order chi connectivity index (χ0) is 10.1. The van der Waals surface area contributed by atoms with E-state index in [1.54, 1.807) is 18.2 Å². The first-order valence-electron chi connectivity index (χ1n) is 4.25. The third-order valence-corrected chi connectivity index (χ3v) is 2.22. The Bertz CT molecular complexity index is 444. The maximum Gasteiger partial charge on any atom is 0.335 e. The number of aromatic carboxylic acids is 1. The highest BCUT2D eigenvalue weighted by Crippen LogP contribution is 2.18. The average molecular weight is 188 g/mol. The smallest absolute Gasteiger partial charge is 0.335 e. The van der Waals surface area contributed by atoms with Gasteiger partial charge in [0.2, 0.25) is 0 Å². The second-order valence-electron chi connectivity index (χ2n) is 3.15. The molecular formula is C11H8O3. The Labute approximate surface area is 80.7 Å². The highest BCUT2D eigenvalue weighted by molar-refractivity contribution is 6.07. The summed E-state index contributed by atoms with van der Waals surface area (Å²) in [5.74, 6) is -1.02. The first-order valence-corrected chi connectivity index (χ1v) is 4.25. The van der Waals surface area contributed by atoms with E-state index < -0.39 is 5.97 Å². The van der Waals surface area contributed by atoms with Gasteiger partial charge in [-0.2, -0.15) is 0 Å². The molecule has 0 saturated carbocycles. The van der Waals surface area contributed by atoms with Gasteiger partial charge in [0.05, 0.1) is 5.56 Å². The molecule has 0 aromatic heterocycles. The van der Waals surface area contributed by atoms with E-state index in [1.165, 1.54) is 12.1 Å². The summed E-state index contributed by atoms with van der Waals surface area (Å²) in [5.41, 5.74) is 1.63. The van der Waals surface area contributed by atoms with Gasteiger partial charge >= 0.3 is 5.97 Å². The Morgan fingerprint density at radius 1 is 1.36 bits per heavy atom. The minimum atomic E-state index is -0.963. The molecule has 3 nitrogen and oxygen atoms in total. The third-order valence-electron chi connectivity index (χ3n) is 2.22. The van der Waals surface area contributed by atoms with Gasteiger partial charge in [0.15, 0.2) is 5.78 Å². The quantitative estimate of drug-likeness (QED) is 0.729. The van der Waals surface area contributed by atoms with Crippen LogP contribution >= 0.6 is 0 Å². The Kier molecular flexibility index (Phi) is 1.93. The van der Waals surface area contributed by atoms with Crippen molar-refractivity contribution in [3.8, 4) is 0 Å². The average Bonchev–Trinajstić information content (AvgIpc) is 2.17. The summed E-state index contributed by atoms with van der Waals surface area (Å²) < 4.78 is 0. The minimum absolute atomic E-state index is 0.0526. The van der Waals surface area contributed by atoms with Gasteiger partial charge in [0.25, 0.3) is 0 Å². The lowest BCUT2D eigenvalue weighted by molar-refractivity contribution is 0.0696. The van der Waals surface area contributed by atoms with Gasteiger partial charge in [-0.1, -0.05) is 6.08 Å². The number of allylic oxidation sites excluding steroid dienone is 2. The Morgan fingerprint density at radius 3 is 2.86 bits per heavy atom. The summed E-state index contributed by atoms with van der Waals surface area (Å²) in [7, 11) is 0. The van der Waals surface area contributed by atoms with E-state index in [-0.39, 0.29) is 11.3 Å². The first-order chi connectivity index (χ1) is 6.68. The van der Waals surface area contributed by atoms with Crippen molar-refractivity contribution in [2.75, 3.05) is 0 Å². The largest absolute Gasteiger partial charge is 0.478 e. The van der Waals surface area contributed by atoms with Crippen molar-refractivity contribution in [2.45, 2.75) is 6.42 Å². The van der Waals surface area contributed by atoms with Gasteiger partial charge in [-0.25, -0.2) is 4.79 Å². The molecule has 2 rings (SSSR count). The van der Waals surface area contributed by atoms with Crippen LogP contribution in [0.4, 0.5) is 0 Å². The molecule has 1 aromatic carbocycles. The number of benzene rings is 1. The molecule has 3 heteroatoms. The molecule has 0 fully saturated rings. The Balaban J connectivity index is 2.52. The molecule has 0 radical (unpaired) electrons. The summed E-state index contributed by atoms with van der Waals surface area (Å²) in [6, 6.07) is 4.59. The van der Waals surface area contributed by atoms with E-state index in [1.807, 2.05) is 0 Å². The molecule has 0 saturated heterocycles. The van der Waals surface area contributed by atoms with Crippen molar-refractivity contribution in [1.82, 2.24) is 0 Å². The molecule has 0 amide bonds. The second-order valence-corrected chi connectivity index (χ2v) is 3.15. The molecule has 0 unspecified atom stereocenters. The Morgan fingerprint density at radius 2 is 2.14 bits per heavy atom. The van der Waals surface area contributed by atoms with Crippen LogP contribution in [-0.4, -0.2) is 16.9 Å². The molecule has 1 aromatic rings. The summed E-state index contributed by atoms with van der Waals surface area (Å²) >= 11 is 0. The maximum absolute atomic E-state index is 11.3. The van der Waals surface area contributed by atoms with E-state index in [9.17, 15) is 9.59 Å². The molecule has 0 bridgehead atoms. The number of hydrogen-bond acceptors (Lipinski definition) is 2. The van der Waals surface area contributed by atoms with Gasteiger partial charge in [-0.3, -0.25) is 4.79 Å². The number of carbonyl (C=O) groups excluding carboxylic acids is 1. The Hall–Kier alpha value is -1.90. The topological polar surface area (TPSA) is 54.4 Å². The van der Waals surface area contributed by atoms with Crippen LogP contribution in [0, 0.1) is 0 Å². The number of ketones is 1. The zero-order valence-electron chi connectivity index (χ0n) is 7.36. The van der Waals surface area contributed by atoms with Gasteiger partial charge < -0.3 is 5.11 Å². The number of carboxylic acid groups (broad SMARTS) is 1. The predicted molar refractivity (Wildman–Crippen MR) is 50.6 cm³/mol. The normalized spacial score (nSPS) is 13.9. The van der Waals surface area contributed by atoms with E-state index in [0.29, 0.717) is 12.0 Å². The summed E-state index contributed by atoms with van der Waals surface area (Å²) in [4.78, 5) is 22.0. The van der Waals surface area contributed by atoms with Gasteiger partial charge in [-0.05, 0) is 36.3 Å². The van der Waals surface area contributed by atoms with Gasteiger partial charge in [-0.15, -0.1) is 0 Å². The van der Waals surface area contributed by atoms with Gasteiger partial charge in [0.1, 0.15) is 0 Å². The molecule has 0 atom stereocenters. The molecule has 1 aliphatic rings. The van der Waals surface area contributed by atoms with Crippen molar-refractivity contribution in [2.24, 2.45) is 0 Å². The fourth-order valence-electron chi connectivity index (χ4n) is 1.52. The third kappa shape index (κ3) is 1.33. The summed E-state index contributed by atoms with van der Waals surface area (Å²) in [6.07, 6.45) is 3.89. The monoisotopic (exact) mass is 188 g/mol. The zero-order valence-corrected chi connectivity index (χ0v) is 7.36. The van der Waals surface area contributed by atoms with Crippen LogP contribution in [0.2, 0.25) is 0 Å². The van der Waals surface area contributed by atoms with Crippen molar-refractivity contribution >= 4 is 11.8 Å². The SMILES string of the molecule is O=C(O)c1ccc2c(c1)CC=CC2=O. The fraction of sp³-hybridized carbons (Fsp3) is 0.0909. The molecule has 0 spiro atoms. The summed E-state index contributed by atoms with van der Waals surface area (Å²) in [6.45, 7) is 0. The van der Waals surface area contributed by atoms with Crippen molar-refractivity contribution in [1.29, 1.82) is 0 Å². The van der Waals surface area contributed by atoms with Crippen LogP contribution in [0.25, 0.3) is 0 Å². The van der Waals surface area contributed by atoms with Crippen LogP contribution in [0.3, 0.4) is 0 Å².